The molecule has 2 aliphatic rings. The molecule has 0 spiro atoms. The van der Waals surface area contributed by atoms with Crippen molar-refractivity contribution in [3.8, 4) is 0 Å². The Morgan fingerprint density at radius 1 is 1.42 bits per heavy atom. The molecule has 26 heavy (non-hydrogen) atoms. The highest BCUT2D eigenvalue weighted by atomic mass is 16.3. The highest BCUT2D eigenvalue weighted by molar-refractivity contribution is 6.10. The summed E-state index contributed by atoms with van der Waals surface area (Å²) in [7, 11) is 0. The minimum atomic E-state index is -2.46. The predicted molar refractivity (Wildman–Crippen MR) is 100 cm³/mol. The lowest BCUT2D eigenvalue weighted by Crippen LogP contribution is -2.24. The van der Waals surface area contributed by atoms with Gasteiger partial charge in [0.15, 0.2) is 5.65 Å². The third-order valence-corrected chi connectivity index (χ3v) is 5.19. The fourth-order valence-electron chi connectivity index (χ4n) is 3.63. The lowest BCUT2D eigenvalue weighted by molar-refractivity contribution is 0.100. The maximum absolute atomic E-state index is 12.2. The van der Waals surface area contributed by atoms with Crippen LogP contribution in [-0.4, -0.2) is 31.7 Å². The standard InChI is InChI=1S/C19H23N5O2/c1-8-4-7-12(25)9(2)16(8)24-17(20)13(18(21)26)15-19(24)22-10(3)14(23-15)11-5-6-11/h4,7,9,11-12,25H,5-6,20H2,1-3H3,(H2,21,26)/t9-,12-/m1/s1/i3D3. The number of hydrogen-bond donors (Lipinski definition) is 3. The molecule has 0 aliphatic heterocycles. The molecule has 1 fully saturated rings. The van der Waals surface area contributed by atoms with E-state index in [0.717, 1.165) is 18.4 Å². The molecule has 1 amide bonds. The van der Waals surface area contributed by atoms with E-state index < -0.39 is 18.9 Å². The zero-order valence-electron chi connectivity index (χ0n) is 17.7. The number of amides is 1. The lowest BCUT2D eigenvalue weighted by Gasteiger charge is -2.27. The van der Waals surface area contributed by atoms with E-state index in [-0.39, 0.29) is 40.1 Å². The van der Waals surface area contributed by atoms with Gasteiger partial charge in [-0.1, -0.05) is 19.1 Å². The van der Waals surface area contributed by atoms with E-state index in [1.54, 1.807) is 12.2 Å². The molecule has 5 N–H and O–H groups in total. The molecule has 0 saturated heterocycles. The second-order valence-electron chi connectivity index (χ2n) is 7.07. The van der Waals surface area contributed by atoms with Crippen molar-refractivity contribution >= 4 is 28.6 Å². The van der Waals surface area contributed by atoms with Gasteiger partial charge in [0.05, 0.1) is 17.5 Å². The van der Waals surface area contributed by atoms with Crippen LogP contribution in [0.4, 0.5) is 5.82 Å². The molecule has 7 nitrogen and oxygen atoms in total. The van der Waals surface area contributed by atoms with Crippen LogP contribution in [0.15, 0.2) is 17.7 Å². The van der Waals surface area contributed by atoms with Gasteiger partial charge in [0.1, 0.15) is 16.9 Å². The summed E-state index contributed by atoms with van der Waals surface area (Å²) in [4.78, 5) is 21.2. The number of aliphatic hydroxyl groups excluding tert-OH is 1. The molecule has 2 atom stereocenters. The second kappa shape index (κ2) is 5.67. The Hall–Kier alpha value is -2.67. The number of carbonyl (C=O) groups excluding carboxylic acids is 1. The van der Waals surface area contributed by atoms with Crippen LogP contribution in [0.2, 0.25) is 0 Å². The van der Waals surface area contributed by atoms with Gasteiger partial charge in [0, 0.05) is 21.6 Å². The number of aliphatic hydroxyl groups is 1. The van der Waals surface area contributed by atoms with Crippen LogP contribution < -0.4 is 11.5 Å². The normalized spacial score (nSPS) is 25.3. The number of nitrogen functional groups attached to an aromatic ring is 1. The van der Waals surface area contributed by atoms with E-state index in [9.17, 15) is 9.90 Å². The smallest absolute Gasteiger partial charge is 0.254 e. The van der Waals surface area contributed by atoms with Crippen LogP contribution in [0.5, 0.6) is 0 Å². The van der Waals surface area contributed by atoms with Crippen LogP contribution in [0.3, 0.4) is 0 Å². The third kappa shape index (κ3) is 2.34. The van der Waals surface area contributed by atoms with Crippen molar-refractivity contribution in [1.82, 2.24) is 14.5 Å². The molecule has 4 rings (SSSR count). The minimum absolute atomic E-state index is 0.00642. The van der Waals surface area contributed by atoms with Crippen LogP contribution in [0.25, 0.3) is 16.9 Å². The molecular formula is C19H23N5O2. The van der Waals surface area contributed by atoms with Crippen molar-refractivity contribution < 1.29 is 14.0 Å². The summed E-state index contributed by atoms with van der Waals surface area (Å²) in [6.45, 7) is 1.20. The van der Waals surface area contributed by atoms with E-state index in [1.165, 1.54) is 4.57 Å². The van der Waals surface area contributed by atoms with Crippen molar-refractivity contribution in [3.05, 3.63) is 34.7 Å². The highest BCUT2D eigenvalue weighted by Gasteiger charge is 2.33. The number of aromatic nitrogens is 3. The molecule has 136 valence electrons. The quantitative estimate of drug-likeness (QED) is 0.778. The van der Waals surface area contributed by atoms with Crippen LogP contribution in [0.1, 0.15) is 58.5 Å². The summed E-state index contributed by atoms with van der Waals surface area (Å²) in [6, 6.07) is 0. The van der Waals surface area contributed by atoms with Gasteiger partial charge in [-0.3, -0.25) is 9.36 Å². The Balaban J connectivity index is 2.12. The topological polar surface area (TPSA) is 120 Å². The third-order valence-electron chi connectivity index (χ3n) is 5.19. The molecule has 0 bridgehead atoms. The SMILES string of the molecule is [2H]C([2H])([2H])c1nc2c(nc1C1CC1)c(C(N)=O)c(N)n2C1=C(C)C=C[C@@H](O)[C@H]1C. The van der Waals surface area contributed by atoms with Crippen molar-refractivity contribution in [1.29, 1.82) is 0 Å². The van der Waals surface area contributed by atoms with E-state index >= 15 is 0 Å². The Morgan fingerprint density at radius 3 is 2.77 bits per heavy atom. The van der Waals surface area contributed by atoms with Gasteiger partial charge in [-0.15, -0.1) is 0 Å². The van der Waals surface area contributed by atoms with E-state index in [0.29, 0.717) is 11.4 Å². The van der Waals surface area contributed by atoms with Crippen LogP contribution in [-0.2, 0) is 0 Å². The molecular weight excluding hydrogens is 330 g/mol. The molecule has 0 radical (unpaired) electrons. The molecule has 2 aromatic rings. The Labute approximate surface area is 155 Å². The minimum Gasteiger partial charge on any atom is -0.388 e. The maximum Gasteiger partial charge on any atom is 0.254 e. The first-order valence-electron chi connectivity index (χ1n) is 10.1. The Bertz CT molecular complexity index is 1100. The number of carbonyl (C=O) groups is 1. The summed E-state index contributed by atoms with van der Waals surface area (Å²) in [6.07, 6.45) is 4.31. The van der Waals surface area contributed by atoms with Gasteiger partial charge in [0.25, 0.3) is 5.91 Å². The number of rotatable bonds is 3. The number of nitrogens with zero attached hydrogens (tertiary/aromatic N) is 3. The van der Waals surface area contributed by atoms with Crippen LogP contribution >= 0.6 is 0 Å². The fraction of sp³-hybridized carbons (Fsp3) is 0.421. The molecule has 1 saturated carbocycles. The second-order valence-corrected chi connectivity index (χ2v) is 7.07. The summed E-state index contributed by atoms with van der Waals surface area (Å²) in [5.74, 6) is -1.07. The molecule has 2 aliphatic carbocycles. The van der Waals surface area contributed by atoms with Gasteiger partial charge in [-0.05, 0) is 32.2 Å². The fourth-order valence-corrected chi connectivity index (χ4v) is 3.63. The lowest BCUT2D eigenvalue weighted by atomic mass is 9.91. The van der Waals surface area contributed by atoms with Gasteiger partial charge in [0.2, 0.25) is 0 Å². The molecule has 7 heteroatoms. The first kappa shape index (κ1) is 13.5. The average Bonchev–Trinajstić information content (AvgIpc) is 3.42. The number of allylic oxidation sites excluding steroid dienone is 2. The monoisotopic (exact) mass is 356 g/mol. The zero-order valence-corrected chi connectivity index (χ0v) is 14.7. The Morgan fingerprint density at radius 2 is 2.15 bits per heavy atom. The van der Waals surface area contributed by atoms with Gasteiger partial charge >= 0.3 is 0 Å². The number of primary amides is 1. The number of aryl methyl sites for hydroxylation is 1. The first-order valence-corrected chi connectivity index (χ1v) is 8.61. The van der Waals surface area contributed by atoms with Crippen LogP contribution in [0, 0.1) is 12.8 Å². The van der Waals surface area contributed by atoms with E-state index in [4.69, 9.17) is 15.6 Å². The molecule has 0 aromatic carbocycles. The van der Waals surface area contributed by atoms with Gasteiger partial charge in [-0.25, -0.2) is 9.97 Å². The van der Waals surface area contributed by atoms with Gasteiger partial charge < -0.3 is 16.6 Å². The number of anilines is 1. The molecule has 2 aromatic heterocycles. The predicted octanol–water partition coefficient (Wildman–Crippen LogP) is 2.10. The number of fused-ring (bicyclic) bond motifs is 1. The summed E-state index contributed by atoms with van der Waals surface area (Å²) in [5, 5.41) is 10.3. The molecule has 0 unspecified atom stereocenters. The number of hydrogen-bond acceptors (Lipinski definition) is 5. The average molecular weight is 356 g/mol. The maximum atomic E-state index is 12.2. The van der Waals surface area contributed by atoms with Crippen molar-refractivity contribution in [2.24, 2.45) is 11.7 Å². The molecule has 2 heterocycles. The van der Waals surface area contributed by atoms with Crippen molar-refractivity contribution in [2.75, 3.05) is 5.73 Å². The number of nitrogens with two attached hydrogens (primary N) is 2. The first-order chi connectivity index (χ1) is 13.5. The summed E-state index contributed by atoms with van der Waals surface area (Å²) < 4.78 is 25.3. The van der Waals surface area contributed by atoms with E-state index in [1.807, 2.05) is 13.8 Å². The van der Waals surface area contributed by atoms with Crippen molar-refractivity contribution in [2.45, 2.75) is 45.6 Å². The summed E-state index contributed by atoms with van der Waals surface area (Å²) in [5.41, 5.74) is 14.0. The summed E-state index contributed by atoms with van der Waals surface area (Å²) >= 11 is 0. The van der Waals surface area contributed by atoms with Gasteiger partial charge in [-0.2, -0.15) is 0 Å². The van der Waals surface area contributed by atoms with E-state index in [2.05, 4.69) is 9.97 Å². The Kier molecular flexibility index (Phi) is 2.95. The highest BCUT2D eigenvalue weighted by Crippen LogP contribution is 2.42. The van der Waals surface area contributed by atoms with Crippen molar-refractivity contribution in [3.63, 3.8) is 0 Å². The zero-order chi connectivity index (χ0) is 21.2. The largest absolute Gasteiger partial charge is 0.388 e.